The molecule has 0 aliphatic carbocycles. The molecule has 110 valence electrons. The maximum absolute atomic E-state index is 5.25. The third-order valence-corrected chi connectivity index (χ3v) is 4.26. The van der Waals surface area contributed by atoms with Gasteiger partial charge in [0.2, 0.25) is 0 Å². The second-order valence-corrected chi connectivity index (χ2v) is 7.52. The highest BCUT2D eigenvalue weighted by Gasteiger charge is 2.31. The molecule has 0 saturated heterocycles. The van der Waals surface area contributed by atoms with Crippen LogP contribution in [0.15, 0.2) is 5.38 Å². The quantitative estimate of drug-likeness (QED) is 0.865. The molecule has 1 atom stereocenters. The molecular formula is C15H28N2OS. The average Bonchev–Trinajstić information content (AvgIpc) is 2.74. The van der Waals surface area contributed by atoms with Crippen molar-refractivity contribution in [2.45, 2.75) is 65.0 Å². The number of rotatable bonds is 6. The summed E-state index contributed by atoms with van der Waals surface area (Å²) in [6.07, 6.45) is 0.929. The zero-order valence-electron chi connectivity index (χ0n) is 13.3. The first-order chi connectivity index (χ1) is 8.69. The maximum Gasteiger partial charge on any atom is 0.113 e. The topological polar surface area (TPSA) is 34.1 Å². The van der Waals surface area contributed by atoms with E-state index in [0.29, 0.717) is 6.04 Å². The minimum absolute atomic E-state index is 0.106. The molecule has 0 saturated carbocycles. The number of ether oxygens (including phenoxy) is 1. The summed E-state index contributed by atoms with van der Waals surface area (Å²) in [5, 5.41) is 6.98. The molecule has 0 aliphatic rings. The van der Waals surface area contributed by atoms with Crippen molar-refractivity contribution >= 4 is 11.3 Å². The number of hydrogen-bond acceptors (Lipinski definition) is 4. The Labute approximate surface area is 121 Å². The van der Waals surface area contributed by atoms with Gasteiger partial charge in [-0.05, 0) is 27.2 Å². The van der Waals surface area contributed by atoms with Gasteiger partial charge < -0.3 is 10.1 Å². The van der Waals surface area contributed by atoms with E-state index in [1.54, 1.807) is 18.4 Å². The van der Waals surface area contributed by atoms with Gasteiger partial charge in [-0.1, -0.05) is 20.8 Å². The van der Waals surface area contributed by atoms with Crippen LogP contribution >= 0.6 is 11.3 Å². The second kappa shape index (κ2) is 6.33. The summed E-state index contributed by atoms with van der Waals surface area (Å²) in [4.78, 5) is 4.86. The molecule has 1 heterocycles. The van der Waals surface area contributed by atoms with E-state index in [-0.39, 0.29) is 11.0 Å². The Morgan fingerprint density at radius 1 is 1.32 bits per heavy atom. The van der Waals surface area contributed by atoms with Crippen molar-refractivity contribution in [3.63, 3.8) is 0 Å². The highest BCUT2D eigenvalue weighted by atomic mass is 32.1. The van der Waals surface area contributed by atoms with Gasteiger partial charge in [-0.3, -0.25) is 0 Å². The Hall–Kier alpha value is -0.450. The summed E-state index contributed by atoms with van der Waals surface area (Å²) in [5.41, 5.74) is 1.16. The summed E-state index contributed by atoms with van der Waals surface area (Å²) in [7, 11) is 1.75. The third-order valence-electron chi connectivity index (χ3n) is 3.16. The molecule has 1 aromatic heterocycles. The fourth-order valence-corrected chi connectivity index (χ4v) is 3.26. The van der Waals surface area contributed by atoms with Gasteiger partial charge in [0.1, 0.15) is 5.01 Å². The van der Waals surface area contributed by atoms with Crippen LogP contribution < -0.4 is 5.32 Å². The van der Waals surface area contributed by atoms with Crippen molar-refractivity contribution in [1.29, 1.82) is 0 Å². The van der Waals surface area contributed by atoms with Crippen LogP contribution in [-0.4, -0.2) is 24.7 Å². The van der Waals surface area contributed by atoms with Crippen LogP contribution in [0.2, 0.25) is 0 Å². The summed E-state index contributed by atoms with van der Waals surface area (Å²) in [6.45, 7) is 13.9. The molecule has 0 spiro atoms. The van der Waals surface area contributed by atoms with Gasteiger partial charge >= 0.3 is 0 Å². The van der Waals surface area contributed by atoms with E-state index >= 15 is 0 Å². The number of nitrogens with zero attached hydrogens (tertiary/aromatic N) is 1. The van der Waals surface area contributed by atoms with Gasteiger partial charge in [-0.15, -0.1) is 11.3 Å². The van der Waals surface area contributed by atoms with Crippen molar-refractivity contribution in [2.75, 3.05) is 13.7 Å². The minimum atomic E-state index is -0.113. The molecule has 1 N–H and O–H groups in total. The van der Waals surface area contributed by atoms with E-state index < -0.39 is 0 Å². The van der Waals surface area contributed by atoms with E-state index in [1.165, 1.54) is 5.69 Å². The van der Waals surface area contributed by atoms with Crippen LogP contribution in [-0.2, 0) is 15.7 Å². The monoisotopic (exact) mass is 284 g/mol. The summed E-state index contributed by atoms with van der Waals surface area (Å²) in [6, 6.07) is 0.420. The predicted molar refractivity (Wildman–Crippen MR) is 82.9 cm³/mol. The lowest BCUT2D eigenvalue weighted by Gasteiger charge is -2.31. The van der Waals surface area contributed by atoms with Crippen LogP contribution in [0.4, 0.5) is 0 Å². The SMILES string of the molecule is COCCC(C)(NC(C)C)c1nc(C(C)(C)C)cs1. The smallest absolute Gasteiger partial charge is 0.113 e. The number of methoxy groups -OCH3 is 1. The van der Waals surface area contributed by atoms with Crippen LogP contribution in [0.3, 0.4) is 0 Å². The van der Waals surface area contributed by atoms with Crippen LogP contribution in [0.25, 0.3) is 0 Å². The first-order valence-electron chi connectivity index (χ1n) is 6.92. The van der Waals surface area contributed by atoms with Gasteiger partial charge in [0.15, 0.2) is 0 Å². The third kappa shape index (κ3) is 4.55. The molecule has 1 rings (SSSR count). The summed E-state index contributed by atoms with van der Waals surface area (Å²) >= 11 is 1.75. The van der Waals surface area contributed by atoms with Crippen molar-refractivity contribution in [1.82, 2.24) is 10.3 Å². The van der Waals surface area contributed by atoms with Gasteiger partial charge in [0, 0.05) is 30.6 Å². The fourth-order valence-electron chi connectivity index (χ4n) is 2.06. The zero-order valence-corrected chi connectivity index (χ0v) is 14.1. The highest BCUT2D eigenvalue weighted by molar-refractivity contribution is 7.09. The first-order valence-corrected chi connectivity index (χ1v) is 7.80. The maximum atomic E-state index is 5.25. The van der Waals surface area contributed by atoms with E-state index in [9.17, 15) is 0 Å². The van der Waals surface area contributed by atoms with Crippen molar-refractivity contribution < 1.29 is 4.74 Å². The minimum Gasteiger partial charge on any atom is -0.385 e. The van der Waals surface area contributed by atoms with Crippen LogP contribution in [0, 0.1) is 0 Å². The van der Waals surface area contributed by atoms with E-state index in [2.05, 4.69) is 52.2 Å². The van der Waals surface area contributed by atoms with Gasteiger partial charge in [0.05, 0.1) is 11.2 Å². The Balaban J connectivity index is 3.00. The van der Waals surface area contributed by atoms with Crippen molar-refractivity contribution in [3.8, 4) is 0 Å². The lowest BCUT2D eigenvalue weighted by molar-refractivity contribution is 0.155. The average molecular weight is 284 g/mol. The second-order valence-electron chi connectivity index (χ2n) is 6.66. The molecule has 0 fully saturated rings. The molecule has 0 radical (unpaired) electrons. The lowest BCUT2D eigenvalue weighted by atomic mass is 9.93. The highest BCUT2D eigenvalue weighted by Crippen LogP contribution is 2.32. The number of nitrogens with one attached hydrogen (secondary N) is 1. The molecule has 3 nitrogen and oxygen atoms in total. The number of thiazole rings is 1. The molecule has 4 heteroatoms. The van der Waals surface area contributed by atoms with E-state index in [0.717, 1.165) is 18.0 Å². The van der Waals surface area contributed by atoms with Crippen LogP contribution in [0.5, 0.6) is 0 Å². The molecule has 0 aromatic carbocycles. The van der Waals surface area contributed by atoms with Gasteiger partial charge in [0.25, 0.3) is 0 Å². The van der Waals surface area contributed by atoms with Crippen LogP contribution in [0.1, 0.15) is 58.7 Å². The Kier molecular flexibility index (Phi) is 5.53. The number of aromatic nitrogens is 1. The van der Waals surface area contributed by atoms with Crippen molar-refractivity contribution in [2.24, 2.45) is 0 Å². The van der Waals surface area contributed by atoms with Crippen molar-refractivity contribution in [3.05, 3.63) is 16.1 Å². The van der Waals surface area contributed by atoms with Gasteiger partial charge in [-0.25, -0.2) is 4.98 Å². The van der Waals surface area contributed by atoms with E-state index in [1.807, 2.05) is 0 Å². The molecule has 1 unspecified atom stereocenters. The fraction of sp³-hybridized carbons (Fsp3) is 0.800. The lowest BCUT2D eigenvalue weighted by Crippen LogP contribution is -2.44. The Morgan fingerprint density at radius 3 is 2.37 bits per heavy atom. The molecule has 19 heavy (non-hydrogen) atoms. The molecule has 1 aromatic rings. The zero-order chi connectivity index (χ0) is 14.7. The largest absolute Gasteiger partial charge is 0.385 e. The molecule has 0 aliphatic heterocycles. The Bertz CT molecular complexity index is 395. The van der Waals surface area contributed by atoms with Gasteiger partial charge in [-0.2, -0.15) is 0 Å². The van der Waals surface area contributed by atoms with E-state index in [4.69, 9.17) is 9.72 Å². The first kappa shape index (κ1) is 16.6. The standard InChI is InChI=1S/C15H28N2OS/c1-11(2)17-15(6,8-9-18-7)13-16-12(10-19-13)14(3,4)5/h10-11,17H,8-9H2,1-7H3. The summed E-state index contributed by atoms with van der Waals surface area (Å²) in [5.74, 6) is 0. The molecule has 0 amide bonds. The normalized spacial score (nSPS) is 15.8. The molecule has 0 bridgehead atoms. The Morgan fingerprint density at radius 2 is 1.95 bits per heavy atom. The molecular weight excluding hydrogens is 256 g/mol. The predicted octanol–water partition coefficient (Wildman–Crippen LogP) is 3.69. The summed E-state index contributed by atoms with van der Waals surface area (Å²) < 4.78 is 5.25. The number of hydrogen-bond donors (Lipinski definition) is 1.